The maximum absolute atomic E-state index is 13.5. The molecule has 3 nitrogen and oxygen atoms in total. The number of ether oxygens (including phenoxy) is 1. The Morgan fingerprint density at radius 2 is 2.12 bits per heavy atom. The lowest BCUT2D eigenvalue weighted by atomic mass is 10.1. The minimum absolute atomic E-state index is 0.0635. The van der Waals surface area contributed by atoms with E-state index < -0.39 is 17.7 Å². The summed E-state index contributed by atoms with van der Waals surface area (Å²) >= 11 is 2.89. The Balaban J connectivity index is 2.26. The number of carbonyl (C=O) groups is 1. The van der Waals surface area contributed by atoms with Crippen molar-refractivity contribution >= 4 is 21.8 Å². The molecule has 86 valence electrons. The molecule has 0 aromatic heterocycles. The third kappa shape index (κ3) is 2.22. The van der Waals surface area contributed by atoms with Crippen molar-refractivity contribution in [3.05, 3.63) is 33.8 Å². The highest BCUT2D eigenvalue weighted by Crippen LogP contribution is 2.26. The fourth-order valence-corrected chi connectivity index (χ4v) is 1.79. The van der Waals surface area contributed by atoms with Crippen molar-refractivity contribution in [2.75, 3.05) is 13.2 Å². The molecule has 1 aliphatic rings. The molecular weight excluding hydrogens is 284 g/mol. The fraction of sp³-hybridized carbons (Fsp3) is 0.300. The third-order valence-electron chi connectivity index (χ3n) is 2.29. The standard InChI is InChI=1S/C10H8BrF2NO2/c11-6-2-7(12)5(1-8(6)13)9-3-14-10(15)4-16-9/h1-2,9H,3-4H2,(H,14,15)/t9-/m1/s1. The summed E-state index contributed by atoms with van der Waals surface area (Å²) in [5.41, 5.74) is 0.112. The lowest BCUT2D eigenvalue weighted by Gasteiger charge is -2.23. The van der Waals surface area contributed by atoms with Gasteiger partial charge in [0.25, 0.3) is 0 Å². The van der Waals surface area contributed by atoms with Crippen molar-refractivity contribution in [1.29, 1.82) is 0 Å². The van der Waals surface area contributed by atoms with Crippen LogP contribution in [0.2, 0.25) is 0 Å². The predicted molar refractivity (Wildman–Crippen MR) is 55.8 cm³/mol. The molecule has 0 radical (unpaired) electrons. The fourth-order valence-electron chi connectivity index (χ4n) is 1.48. The quantitative estimate of drug-likeness (QED) is 0.803. The van der Waals surface area contributed by atoms with E-state index in [0.29, 0.717) is 0 Å². The van der Waals surface area contributed by atoms with Crippen LogP contribution in [0.1, 0.15) is 11.7 Å². The number of hydrogen-bond acceptors (Lipinski definition) is 2. The number of rotatable bonds is 1. The van der Waals surface area contributed by atoms with Gasteiger partial charge in [-0.25, -0.2) is 8.78 Å². The first-order valence-corrected chi connectivity index (χ1v) is 5.40. The van der Waals surface area contributed by atoms with Gasteiger partial charge in [-0.3, -0.25) is 4.79 Å². The van der Waals surface area contributed by atoms with E-state index in [4.69, 9.17) is 4.74 Å². The number of carbonyl (C=O) groups excluding carboxylic acids is 1. The maximum Gasteiger partial charge on any atom is 0.246 e. The summed E-state index contributed by atoms with van der Waals surface area (Å²) in [5.74, 6) is -1.37. The first-order valence-electron chi connectivity index (χ1n) is 4.60. The maximum atomic E-state index is 13.5. The van der Waals surface area contributed by atoms with Gasteiger partial charge in [-0.2, -0.15) is 0 Å². The van der Waals surface area contributed by atoms with Crippen molar-refractivity contribution in [3.8, 4) is 0 Å². The molecule has 1 aromatic rings. The molecule has 1 atom stereocenters. The SMILES string of the molecule is O=C1CO[C@@H](c2cc(F)c(Br)cc2F)CN1. The van der Waals surface area contributed by atoms with E-state index >= 15 is 0 Å². The molecule has 16 heavy (non-hydrogen) atoms. The number of morpholine rings is 1. The van der Waals surface area contributed by atoms with Crippen LogP contribution in [0.3, 0.4) is 0 Å². The van der Waals surface area contributed by atoms with Gasteiger partial charge in [0.05, 0.1) is 4.47 Å². The molecule has 0 saturated carbocycles. The molecule has 1 saturated heterocycles. The van der Waals surface area contributed by atoms with Crippen LogP contribution >= 0.6 is 15.9 Å². The molecule has 1 aromatic carbocycles. The van der Waals surface area contributed by atoms with Gasteiger partial charge >= 0.3 is 0 Å². The highest BCUT2D eigenvalue weighted by molar-refractivity contribution is 9.10. The molecule has 1 heterocycles. The summed E-state index contributed by atoms with van der Waals surface area (Å²) < 4.78 is 31.9. The molecule has 0 spiro atoms. The summed E-state index contributed by atoms with van der Waals surface area (Å²) in [7, 11) is 0. The minimum atomic E-state index is -0.639. The van der Waals surface area contributed by atoms with E-state index in [1.165, 1.54) is 0 Å². The summed E-state index contributed by atoms with van der Waals surface area (Å²) in [4.78, 5) is 10.8. The van der Waals surface area contributed by atoms with Crippen LogP contribution in [0, 0.1) is 11.6 Å². The molecular formula is C10H8BrF2NO2. The molecule has 6 heteroatoms. The van der Waals surface area contributed by atoms with Gasteiger partial charge in [0, 0.05) is 12.1 Å². The number of halogens is 3. The molecule has 1 aliphatic heterocycles. The zero-order valence-electron chi connectivity index (χ0n) is 8.10. The Morgan fingerprint density at radius 1 is 1.38 bits per heavy atom. The van der Waals surface area contributed by atoms with E-state index in [-0.39, 0.29) is 29.1 Å². The van der Waals surface area contributed by atoms with E-state index in [2.05, 4.69) is 21.2 Å². The van der Waals surface area contributed by atoms with E-state index in [1.54, 1.807) is 0 Å². The van der Waals surface area contributed by atoms with Crippen molar-refractivity contribution in [2.24, 2.45) is 0 Å². The number of nitrogens with one attached hydrogen (secondary N) is 1. The van der Waals surface area contributed by atoms with Gasteiger partial charge in [-0.15, -0.1) is 0 Å². The lowest BCUT2D eigenvalue weighted by molar-refractivity contribution is -0.133. The monoisotopic (exact) mass is 291 g/mol. The van der Waals surface area contributed by atoms with Gasteiger partial charge in [-0.05, 0) is 28.1 Å². The Morgan fingerprint density at radius 3 is 2.75 bits per heavy atom. The van der Waals surface area contributed by atoms with E-state index in [9.17, 15) is 13.6 Å². The van der Waals surface area contributed by atoms with Crippen LogP contribution in [0.4, 0.5) is 8.78 Å². The Bertz CT molecular complexity index is 429. The van der Waals surface area contributed by atoms with Crippen molar-refractivity contribution in [2.45, 2.75) is 6.10 Å². The van der Waals surface area contributed by atoms with Crippen molar-refractivity contribution in [3.63, 3.8) is 0 Å². The van der Waals surface area contributed by atoms with Crippen molar-refractivity contribution in [1.82, 2.24) is 5.32 Å². The van der Waals surface area contributed by atoms with Gasteiger partial charge in [-0.1, -0.05) is 0 Å². The molecule has 2 rings (SSSR count). The largest absolute Gasteiger partial charge is 0.362 e. The lowest BCUT2D eigenvalue weighted by Crippen LogP contribution is -2.39. The van der Waals surface area contributed by atoms with Gasteiger partial charge in [0.2, 0.25) is 5.91 Å². The second-order valence-corrected chi connectivity index (χ2v) is 4.25. The topological polar surface area (TPSA) is 38.3 Å². The van der Waals surface area contributed by atoms with Crippen LogP contribution in [-0.4, -0.2) is 19.1 Å². The predicted octanol–water partition coefficient (Wildman–Crippen LogP) is 1.91. The summed E-state index contributed by atoms with van der Waals surface area (Å²) in [6.07, 6.45) is -0.639. The van der Waals surface area contributed by atoms with E-state index in [0.717, 1.165) is 12.1 Å². The summed E-state index contributed by atoms with van der Waals surface area (Å²) in [6, 6.07) is 2.12. The Hall–Kier alpha value is -1.01. The normalized spacial score (nSPS) is 20.7. The smallest absolute Gasteiger partial charge is 0.246 e. The third-order valence-corrected chi connectivity index (χ3v) is 2.89. The highest BCUT2D eigenvalue weighted by Gasteiger charge is 2.23. The Kier molecular flexibility index (Phi) is 3.20. The molecule has 1 fully saturated rings. The summed E-state index contributed by atoms with van der Waals surface area (Å²) in [5, 5.41) is 2.53. The molecule has 0 aliphatic carbocycles. The number of hydrogen-bond donors (Lipinski definition) is 1. The highest BCUT2D eigenvalue weighted by atomic mass is 79.9. The van der Waals surface area contributed by atoms with Crippen LogP contribution in [-0.2, 0) is 9.53 Å². The van der Waals surface area contributed by atoms with Gasteiger partial charge in [0.1, 0.15) is 24.3 Å². The number of benzene rings is 1. The molecule has 0 unspecified atom stereocenters. The second-order valence-electron chi connectivity index (χ2n) is 3.39. The second kappa shape index (κ2) is 4.47. The molecule has 1 N–H and O–H groups in total. The summed E-state index contributed by atoms with van der Waals surface area (Å²) in [6.45, 7) is 0.0125. The minimum Gasteiger partial charge on any atom is -0.362 e. The average molecular weight is 292 g/mol. The first kappa shape index (κ1) is 11.5. The first-order chi connectivity index (χ1) is 7.58. The van der Waals surface area contributed by atoms with Crippen LogP contribution in [0.5, 0.6) is 0 Å². The van der Waals surface area contributed by atoms with Crippen LogP contribution in [0.25, 0.3) is 0 Å². The van der Waals surface area contributed by atoms with E-state index in [1.807, 2.05) is 0 Å². The molecule has 1 amide bonds. The molecule has 0 bridgehead atoms. The van der Waals surface area contributed by atoms with Crippen LogP contribution in [0.15, 0.2) is 16.6 Å². The van der Waals surface area contributed by atoms with Crippen LogP contribution < -0.4 is 5.32 Å². The van der Waals surface area contributed by atoms with Crippen molar-refractivity contribution < 1.29 is 18.3 Å². The van der Waals surface area contributed by atoms with Gasteiger partial charge < -0.3 is 10.1 Å². The Labute approximate surface area is 98.9 Å². The number of amides is 1. The average Bonchev–Trinajstić information content (AvgIpc) is 2.25. The zero-order valence-corrected chi connectivity index (χ0v) is 9.68. The zero-order chi connectivity index (χ0) is 11.7. The van der Waals surface area contributed by atoms with Gasteiger partial charge in [0.15, 0.2) is 0 Å².